The summed E-state index contributed by atoms with van der Waals surface area (Å²) in [4.78, 5) is 7.30. The van der Waals surface area contributed by atoms with Crippen LogP contribution in [0.3, 0.4) is 0 Å². The first kappa shape index (κ1) is 9.07. The van der Waals surface area contributed by atoms with Gasteiger partial charge in [0.1, 0.15) is 11.0 Å². The maximum atomic E-state index is 10.4. The molecule has 1 unspecified atom stereocenters. The molecule has 0 saturated heterocycles. The maximum absolute atomic E-state index is 10.4. The van der Waals surface area contributed by atoms with E-state index < -0.39 is 11.0 Å². The van der Waals surface area contributed by atoms with Crippen LogP contribution in [-0.2, 0) is 15.8 Å². The third-order valence-electron chi connectivity index (χ3n) is 0.465. The minimum absolute atomic E-state index is 0.272. The Kier molecular flexibility index (Phi) is 3.32. The summed E-state index contributed by atoms with van der Waals surface area (Å²) in [6.45, 7) is 5.65. The molecule has 0 aromatic carbocycles. The lowest BCUT2D eigenvalue weighted by atomic mass is 10.2. The average Bonchev–Trinajstić information content (AvgIpc) is 1.59. The predicted molar refractivity (Wildman–Crippen MR) is 38.0 cm³/mol. The minimum Gasteiger partial charge on any atom is -0.283 e. The van der Waals surface area contributed by atoms with Crippen LogP contribution in [0.1, 0.15) is 20.8 Å². The summed E-state index contributed by atoms with van der Waals surface area (Å²) in [6.07, 6.45) is 1.52. The van der Waals surface area contributed by atoms with Crippen molar-refractivity contribution in [2.45, 2.75) is 26.4 Å². The Balaban J connectivity index is 3.39. The highest BCUT2D eigenvalue weighted by atomic mass is 32.2. The van der Waals surface area contributed by atoms with Crippen molar-refractivity contribution in [3.05, 3.63) is 0 Å². The molecule has 0 radical (unpaired) electrons. The molecule has 9 heavy (non-hydrogen) atoms. The van der Waals surface area contributed by atoms with Crippen molar-refractivity contribution in [3.8, 4) is 0 Å². The second-order valence-corrected chi connectivity index (χ2v) is 3.83. The van der Waals surface area contributed by atoms with E-state index in [1.807, 2.05) is 20.8 Å². The Labute approximate surface area is 58.3 Å². The summed E-state index contributed by atoms with van der Waals surface area (Å²) < 4.78 is 10.4. The lowest BCUT2D eigenvalue weighted by Crippen LogP contribution is -2.29. The van der Waals surface area contributed by atoms with Crippen molar-refractivity contribution in [2.24, 2.45) is 0 Å². The summed E-state index contributed by atoms with van der Waals surface area (Å²) in [5, 5.41) is 0. The van der Waals surface area contributed by atoms with Crippen LogP contribution in [0.5, 0.6) is 0 Å². The number of hydrogen-bond donors (Lipinski definition) is 1. The number of hydrogen-bond acceptors (Lipinski definition) is 2. The molecule has 4 heteroatoms. The molecule has 0 rings (SSSR count). The zero-order valence-corrected chi connectivity index (χ0v) is 7.04. The van der Waals surface area contributed by atoms with Crippen LogP contribution in [-0.4, -0.2) is 16.1 Å². The molecule has 1 atom stereocenters. The first-order valence-corrected chi connectivity index (χ1v) is 4.25. The van der Waals surface area contributed by atoms with Gasteiger partial charge in [0, 0.05) is 6.26 Å². The molecule has 0 aromatic rings. The van der Waals surface area contributed by atoms with Gasteiger partial charge in [0.25, 0.3) is 0 Å². The van der Waals surface area contributed by atoms with Crippen molar-refractivity contribution in [3.63, 3.8) is 0 Å². The third-order valence-corrected chi connectivity index (χ3v) is 0.783. The van der Waals surface area contributed by atoms with Gasteiger partial charge in [0.05, 0.1) is 5.60 Å². The van der Waals surface area contributed by atoms with Gasteiger partial charge in [0.15, 0.2) is 0 Å². The van der Waals surface area contributed by atoms with Gasteiger partial charge in [-0.05, 0) is 20.8 Å². The van der Waals surface area contributed by atoms with Crippen LogP contribution in [0.4, 0.5) is 0 Å². The molecule has 0 heterocycles. The Morgan fingerprint density at radius 2 is 1.89 bits per heavy atom. The average molecular weight is 151 g/mol. The summed E-state index contributed by atoms with van der Waals surface area (Å²) in [6, 6.07) is 0. The number of rotatable bonds is 2. The van der Waals surface area contributed by atoms with Gasteiger partial charge in [-0.1, -0.05) is 0 Å². The fourth-order valence-electron chi connectivity index (χ4n) is 0.184. The van der Waals surface area contributed by atoms with Gasteiger partial charge in [-0.3, -0.25) is 4.84 Å². The van der Waals surface area contributed by atoms with Crippen LogP contribution < -0.4 is 4.89 Å². The zero-order valence-electron chi connectivity index (χ0n) is 6.22. The molecular weight excluding hydrogens is 138 g/mol. The van der Waals surface area contributed by atoms with Crippen LogP contribution in [0.15, 0.2) is 0 Å². The summed E-state index contributed by atoms with van der Waals surface area (Å²) >= 11 is 0. The molecule has 0 amide bonds. The highest BCUT2D eigenvalue weighted by molar-refractivity contribution is 7.82. The normalized spacial score (nSPS) is 15.6. The number of nitrogens with one attached hydrogen (secondary N) is 1. The van der Waals surface area contributed by atoms with Crippen LogP contribution in [0, 0.1) is 0 Å². The molecule has 0 aliphatic carbocycles. The Bertz CT molecular complexity index is 108. The van der Waals surface area contributed by atoms with E-state index in [1.54, 1.807) is 0 Å². The lowest BCUT2D eigenvalue weighted by Gasteiger charge is -2.17. The molecule has 0 spiro atoms. The van der Waals surface area contributed by atoms with Crippen LogP contribution >= 0.6 is 0 Å². The quantitative estimate of drug-likeness (QED) is 0.587. The first-order valence-electron chi connectivity index (χ1n) is 2.69. The van der Waals surface area contributed by atoms with E-state index in [0.717, 1.165) is 0 Å². The van der Waals surface area contributed by atoms with Gasteiger partial charge in [0.2, 0.25) is 0 Å². The van der Waals surface area contributed by atoms with E-state index in [-0.39, 0.29) is 5.60 Å². The largest absolute Gasteiger partial charge is 0.283 e. The molecule has 0 bridgehead atoms. The van der Waals surface area contributed by atoms with E-state index in [9.17, 15) is 4.21 Å². The lowest BCUT2D eigenvalue weighted by molar-refractivity contribution is -0.0332. The van der Waals surface area contributed by atoms with Crippen molar-refractivity contribution in [2.75, 3.05) is 6.26 Å². The Morgan fingerprint density at radius 1 is 1.44 bits per heavy atom. The zero-order chi connectivity index (χ0) is 7.49. The maximum Gasteiger partial charge on any atom is 0.112 e. The molecule has 56 valence electrons. The second-order valence-electron chi connectivity index (χ2n) is 2.75. The molecule has 0 aromatic heterocycles. The van der Waals surface area contributed by atoms with Gasteiger partial charge in [-0.15, -0.1) is 4.89 Å². The fourth-order valence-corrected chi connectivity index (χ4v) is 0.551. The molecule has 0 saturated carbocycles. The minimum atomic E-state index is -1.08. The summed E-state index contributed by atoms with van der Waals surface area (Å²) in [5.74, 6) is 0. The van der Waals surface area contributed by atoms with Gasteiger partial charge in [-0.25, -0.2) is 4.21 Å². The predicted octanol–water partition coefficient (Wildman–Crippen LogP) is 0.600. The highest BCUT2D eigenvalue weighted by Crippen LogP contribution is 2.03. The van der Waals surface area contributed by atoms with Gasteiger partial charge < -0.3 is 0 Å². The smallest absolute Gasteiger partial charge is 0.112 e. The third kappa shape index (κ3) is 8.07. The SMILES string of the molecule is CS(=O)NOC(C)(C)C. The summed E-state index contributed by atoms with van der Waals surface area (Å²) in [5.41, 5.74) is -0.272. The Morgan fingerprint density at radius 3 is 2.00 bits per heavy atom. The van der Waals surface area contributed by atoms with Crippen LogP contribution in [0.25, 0.3) is 0 Å². The first-order chi connectivity index (χ1) is 3.92. The van der Waals surface area contributed by atoms with E-state index in [4.69, 9.17) is 4.84 Å². The molecule has 3 nitrogen and oxygen atoms in total. The van der Waals surface area contributed by atoms with Gasteiger partial charge >= 0.3 is 0 Å². The summed E-state index contributed by atoms with van der Waals surface area (Å²) in [7, 11) is -1.08. The van der Waals surface area contributed by atoms with E-state index in [2.05, 4.69) is 4.89 Å². The molecular formula is C5H13NO2S. The molecule has 0 aliphatic heterocycles. The fraction of sp³-hybridized carbons (Fsp3) is 1.00. The van der Waals surface area contributed by atoms with Crippen molar-refractivity contribution in [1.82, 2.24) is 4.89 Å². The van der Waals surface area contributed by atoms with Crippen LogP contribution in [0.2, 0.25) is 0 Å². The highest BCUT2D eigenvalue weighted by Gasteiger charge is 2.10. The van der Waals surface area contributed by atoms with Crippen molar-refractivity contribution >= 4 is 11.0 Å². The van der Waals surface area contributed by atoms with Gasteiger partial charge in [-0.2, -0.15) is 0 Å². The standard InChI is InChI=1S/C5H13NO2S/c1-5(2,3)8-6-9(4)7/h6H,1-4H3. The van der Waals surface area contributed by atoms with E-state index in [0.29, 0.717) is 0 Å². The monoisotopic (exact) mass is 151 g/mol. The van der Waals surface area contributed by atoms with E-state index >= 15 is 0 Å². The molecule has 0 aliphatic rings. The van der Waals surface area contributed by atoms with Crippen molar-refractivity contribution in [1.29, 1.82) is 0 Å². The molecule has 1 N–H and O–H groups in total. The van der Waals surface area contributed by atoms with E-state index in [1.165, 1.54) is 6.26 Å². The Hall–Kier alpha value is 0.0700. The second kappa shape index (κ2) is 3.29. The molecule has 0 fully saturated rings. The topological polar surface area (TPSA) is 38.3 Å². The van der Waals surface area contributed by atoms with Crippen molar-refractivity contribution < 1.29 is 9.05 Å².